The number of benzene rings is 1. The maximum absolute atomic E-state index is 12.1. The van der Waals surface area contributed by atoms with Gasteiger partial charge >= 0.3 is 10.2 Å². The minimum Gasteiger partial charge on any atom is -0.257 e. The number of nitrogens with zero attached hydrogens (tertiary/aromatic N) is 2. The summed E-state index contributed by atoms with van der Waals surface area (Å²) in [5, 5.41) is 0. The van der Waals surface area contributed by atoms with E-state index < -0.39 is 10.2 Å². The lowest BCUT2D eigenvalue weighted by Gasteiger charge is -2.39. The van der Waals surface area contributed by atoms with Crippen LogP contribution >= 0.6 is 0 Å². The predicted molar refractivity (Wildman–Crippen MR) is 62.5 cm³/mol. The van der Waals surface area contributed by atoms with Crippen molar-refractivity contribution in [1.29, 1.82) is 0 Å². The van der Waals surface area contributed by atoms with Crippen LogP contribution in [-0.2, 0) is 23.2 Å². The summed E-state index contributed by atoms with van der Waals surface area (Å²) in [7, 11) is -1.63. The second-order valence-electron chi connectivity index (χ2n) is 4.36. The Kier molecular flexibility index (Phi) is 2.03. The third-order valence-electron chi connectivity index (χ3n) is 3.33. The average Bonchev–Trinajstić information content (AvgIpc) is 2.27. The maximum Gasteiger partial charge on any atom is 0.304 e. The first kappa shape index (κ1) is 10.1. The molecular weight excluding hydrogens is 224 g/mol. The molecule has 0 fully saturated rings. The van der Waals surface area contributed by atoms with Gasteiger partial charge in [0.05, 0.1) is 5.69 Å². The Labute approximate surface area is 95.7 Å². The molecule has 86 valence electrons. The molecule has 3 rings (SSSR count). The fourth-order valence-electron chi connectivity index (χ4n) is 2.54. The smallest absolute Gasteiger partial charge is 0.257 e. The van der Waals surface area contributed by atoms with Crippen molar-refractivity contribution < 1.29 is 8.42 Å². The highest BCUT2D eigenvalue weighted by molar-refractivity contribution is 7.90. The molecule has 2 aliphatic rings. The Hall–Kier alpha value is -1.07. The molecule has 2 heterocycles. The summed E-state index contributed by atoms with van der Waals surface area (Å²) in [6, 6.07) is 6.07. The molecule has 0 atom stereocenters. The molecule has 2 aliphatic heterocycles. The molecule has 0 unspecified atom stereocenters. The third-order valence-corrected chi connectivity index (χ3v) is 5.16. The van der Waals surface area contributed by atoms with E-state index in [1.165, 1.54) is 9.87 Å². The molecule has 0 amide bonds. The molecule has 1 aromatic rings. The van der Waals surface area contributed by atoms with Crippen molar-refractivity contribution >= 4 is 15.9 Å². The van der Waals surface area contributed by atoms with E-state index in [1.807, 2.05) is 18.2 Å². The van der Waals surface area contributed by atoms with Gasteiger partial charge in [0.25, 0.3) is 0 Å². The van der Waals surface area contributed by atoms with Gasteiger partial charge in [-0.05, 0) is 24.0 Å². The normalized spacial score (nSPS) is 22.9. The lowest BCUT2D eigenvalue weighted by Crippen LogP contribution is -2.48. The molecule has 0 N–H and O–H groups in total. The van der Waals surface area contributed by atoms with Gasteiger partial charge in [0.2, 0.25) is 0 Å². The second-order valence-corrected chi connectivity index (χ2v) is 6.32. The minimum atomic E-state index is -3.27. The Morgan fingerprint density at radius 3 is 2.81 bits per heavy atom. The van der Waals surface area contributed by atoms with E-state index in [1.54, 1.807) is 11.4 Å². The van der Waals surface area contributed by atoms with Gasteiger partial charge < -0.3 is 0 Å². The molecular formula is C11H14N2O2S. The number of hydrogen-bond acceptors (Lipinski definition) is 2. The van der Waals surface area contributed by atoms with Gasteiger partial charge in [0.15, 0.2) is 0 Å². The zero-order valence-corrected chi connectivity index (χ0v) is 10.00. The van der Waals surface area contributed by atoms with Gasteiger partial charge in [0, 0.05) is 20.1 Å². The van der Waals surface area contributed by atoms with E-state index in [9.17, 15) is 8.42 Å². The van der Waals surface area contributed by atoms with E-state index in [2.05, 4.69) is 0 Å². The van der Waals surface area contributed by atoms with Gasteiger partial charge in [-0.2, -0.15) is 12.7 Å². The van der Waals surface area contributed by atoms with Crippen molar-refractivity contribution in [2.24, 2.45) is 0 Å². The Balaban J connectivity index is 2.28. The highest BCUT2D eigenvalue weighted by atomic mass is 32.2. The molecule has 0 radical (unpaired) electrons. The lowest BCUT2D eigenvalue weighted by molar-refractivity contribution is 0.450. The van der Waals surface area contributed by atoms with Crippen LogP contribution in [0.1, 0.15) is 17.5 Å². The number of hydrogen-bond donors (Lipinski definition) is 0. The van der Waals surface area contributed by atoms with Crippen LogP contribution in [0.5, 0.6) is 0 Å². The second kappa shape index (κ2) is 3.21. The maximum atomic E-state index is 12.1. The minimum absolute atomic E-state index is 0.488. The van der Waals surface area contributed by atoms with Crippen molar-refractivity contribution in [1.82, 2.24) is 4.31 Å². The Bertz CT molecular complexity index is 539. The zero-order chi connectivity index (χ0) is 11.3. The van der Waals surface area contributed by atoms with E-state index in [0.29, 0.717) is 13.1 Å². The number of para-hydroxylation sites is 1. The van der Waals surface area contributed by atoms with Gasteiger partial charge in [0.1, 0.15) is 0 Å². The highest BCUT2D eigenvalue weighted by Crippen LogP contribution is 2.37. The van der Waals surface area contributed by atoms with Crippen molar-refractivity contribution in [3.63, 3.8) is 0 Å². The summed E-state index contributed by atoms with van der Waals surface area (Å²) < 4.78 is 27.3. The largest absolute Gasteiger partial charge is 0.304 e. The average molecular weight is 238 g/mol. The molecule has 4 nitrogen and oxygen atoms in total. The van der Waals surface area contributed by atoms with Crippen molar-refractivity contribution in [3.8, 4) is 0 Å². The van der Waals surface area contributed by atoms with Crippen molar-refractivity contribution in [2.45, 2.75) is 19.4 Å². The van der Waals surface area contributed by atoms with Crippen molar-refractivity contribution in [2.75, 3.05) is 17.9 Å². The van der Waals surface area contributed by atoms with E-state index in [4.69, 9.17) is 0 Å². The van der Waals surface area contributed by atoms with Crippen LogP contribution < -0.4 is 4.31 Å². The first-order valence-corrected chi connectivity index (χ1v) is 6.85. The fourth-order valence-corrected chi connectivity index (χ4v) is 4.00. The van der Waals surface area contributed by atoms with E-state index in [-0.39, 0.29) is 0 Å². The van der Waals surface area contributed by atoms with Gasteiger partial charge in [-0.15, -0.1) is 0 Å². The van der Waals surface area contributed by atoms with Gasteiger partial charge in [-0.1, -0.05) is 18.2 Å². The van der Waals surface area contributed by atoms with Gasteiger partial charge in [-0.25, -0.2) is 0 Å². The van der Waals surface area contributed by atoms with Crippen LogP contribution in [-0.4, -0.2) is 26.3 Å². The van der Waals surface area contributed by atoms with E-state index in [0.717, 1.165) is 24.1 Å². The molecule has 0 aliphatic carbocycles. The molecule has 0 saturated heterocycles. The van der Waals surface area contributed by atoms with Crippen LogP contribution in [0.15, 0.2) is 18.2 Å². The summed E-state index contributed by atoms with van der Waals surface area (Å²) in [6.07, 6.45) is 1.89. The zero-order valence-electron chi connectivity index (χ0n) is 9.18. The first-order valence-electron chi connectivity index (χ1n) is 5.45. The number of rotatable bonds is 0. The first-order chi connectivity index (χ1) is 7.60. The van der Waals surface area contributed by atoms with Gasteiger partial charge in [-0.3, -0.25) is 4.31 Å². The molecule has 0 aromatic heterocycles. The molecule has 0 saturated carbocycles. The predicted octanol–water partition coefficient (Wildman–Crippen LogP) is 1.13. The Morgan fingerprint density at radius 2 is 2.00 bits per heavy atom. The monoisotopic (exact) mass is 238 g/mol. The molecule has 16 heavy (non-hydrogen) atoms. The molecule has 5 heteroatoms. The summed E-state index contributed by atoms with van der Waals surface area (Å²) in [5.41, 5.74) is 3.22. The van der Waals surface area contributed by atoms with Crippen LogP contribution in [0.2, 0.25) is 0 Å². The van der Waals surface area contributed by atoms with Crippen LogP contribution in [0.4, 0.5) is 5.69 Å². The Morgan fingerprint density at radius 1 is 1.25 bits per heavy atom. The summed E-state index contributed by atoms with van der Waals surface area (Å²) in [6.45, 7) is 1.10. The topological polar surface area (TPSA) is 40.6 Å². The number of aryl methyl sites for hydroxylation is 1. The van der Waals surface area contributed by atoms with E-state index >= 15 is 0 Å². The van der Waals surface area contributed by atoms with Crippen LogP contribution in [0.25, 0.3) is 0 Å². The molecule has 1 aromatic carbocycles. The fraction of sp³-hybridized carbons (Fsp3) is 0.455. The van der Waals surface area contributed by atoms with Crippen LogP contribution in [0.3, 0.4) is 0 Å². The number of anilines is 1. The van der Waals surface area contributed by atoms with Crippen molar-refractivity contribution in [3.05, 3.63) is 29.3 Å². The lowest BCUT2D eigenvalue weighted by atomic mass is 9.99. The quantitative estimate of drug-likeness (QED) is 0.680. The standard InChI is InChI=1S/C11H14N2O2S/c1-12-8-10-5-2-4-9-6-3-7-13(11(9)10)16(12,14)15/h2,4-5H,3,6-8H2,1H3. The molecule has 0 spiro atoms. The van der Waals surface area contributed by atoms with Crippen LogP contribution in [0, 0.1) is 0 Å². The summed E-state index contributed by atoms with van der Waals surface area (Å²) in [5.74, 6) is 0. The SMILES string of the molecule is CN1Cc2cccc3c2N(CCC3)S1(=O)=O. The summed E-state index contributed by atoms with van der Waals surface area (Å²) >= 11 is 0. The highest BCUT2D eigenvalue weighted by Gasteiger charge is 2.36. The molecule has 0 bridgehead atoms. The third kappa shape index (κ3) is 1.21. The summed E-state index contributed by atoms with van der Waals surface area (Å²) in [4.78, 5) is 0.